The number of fused-ring (bicyclic) bond motifs is 2. The Bertz CT molecular complexity index is 1230. The number of hydrogen-bond donors (Lipinski definition) is 3. The lowest BCUT2D eigenvalue weighted by Crippen LogP contribution is -2.50. The van der Waals surface area contributed by atoms with Gasteiger partial charge in [0.05, 0.1) is 11.1 Å². The molecule has 194 valence electrons. The normalized spacial score (nSPS) is 24.9. The van der Waals surface area contributed by atoms with E-state index in [9.17, 15) is 14.4 Å². The van der Waals surface area contributed by atoms with E-state index in [2.05, 4.69) is 36.4 Å². The van der Waals surface area contributed by atoms with Crippen molar-refractivity contribution in [2.75, 3.05) is 10.2 Å². The van der Waals surface area contributed by atoms with Crippen molar-refractivity contribution in [3.8, 4) is 0 Å². The van der Waals surface area contributed by atoms with Gasteiger partial charge in [0.1, 0.15) is 5.82 Å². The average molecular weight is 567 g/mol. The third-order valence-corrected chi connectivity index (χ3v) is 9.05. The van der Waals surface area contributed by atoms with Crippen LogP contribution < -0.4 is 21.3 Å². The quantitative estimate of drug-likeness (QED) is 0.407. The minimum absolute atomic E-state index is 0.0581. The Balaban J connectivity index is 1.14. The number of amides is 2. The molecule has 8 nitrogen and oxygen atoms in total. The largest absolute Gasteiger partial charge is 0.382 e. The van der Waals surface area contributed by atoms with E-state index < -0.39 is 5.91 Å². The Morgan fingerprint density at radius 2 is 1.68 bits per heavy atom. The second-order valence-corrected chi connectivity index (χ2v) is 11.8. The van der Waals surface area contributed by atoms with Gasteiger partial charge in [-0.3, -0.25) is 14.4 Å². The number of nitrogens with zero attached hydrogens (tertiary/aromatic N) is 2. The molecule has 4 N–H and O–H groups in total. The number of Topliss-reactive ketones (excluding diaryl/α,β-unsaturated/α-hetero) is 1. The molecular formula is C28H32BrN5O3. The lowest BCUT2D eigenvalue weighted by atomic mass is 9.92. The number of piperidine rings is 1. The van der Waals surface area contributed by atoms with Crippen LogP contribution in [0.3, 0.4) is 0 Å². The highest BCUT2D eigenvalue weighted by atomic mass is 79.9. The summed E-state index contributed by atoms with van der Waals surface area (Å²) in [6, 6.07) is 8.26. The number of hydrogen-bond acceptors (Lipinski definition) is 6. The number of anilines is 2. The van der Waals surface area contributed by atoms with Crippen molar-refractivity contribution in [1.29, 1.82) is 0 Å². The number of halogens is 1. The lowest BCUT2D eigenvalue weighted by Gasteiger charge is -2.40. The highest BCUT2D eigenvalue weighted by Crippen LogP contribution is 2.39. The van der Waals surface area contributed by atoms with E-state index >= 15 is 0 Å². The lowest BCUT2D eigenvalue weighted by molar-refractivity contribution is 0.0923. The van der Waals surface area contributed by atoms with Crippen LogP contribution in [0.25, 0.3) is 0 Å². The fourth-order valence-electron chi connectivity index (χ4n) is 6.04. The number of rotatable bonds is 8. The molecule has 2 aromatic rings. The first-order chi connectivity index (χ1) is 17.9. The van der Waals surface area contributed by atoms with Gasteiger partial charge in [-0.25, -0.2) is 4.98 Å². The zero-order valence-corrected chi connectivity index (χ0v) is 22.3. The van der Waals surface area contributed by atoms with Crippen molar-refractivity contribution < 1.29 is 14.4 Å². The van der Waals surface area contributed by atoms with Crippen LogP contribution in [-0.4, -0.2) is 46.7 Å². The van der Waals surface area contributed by atoms with Crippen LogP contribution in [-0.2, 0) is 0 Å². The number of pyridine rings is 1. The number of aromatic nitrogens is 1. The monoisotopic (exact) mass is 565 g/mol. The predicted molar refractivity (Wildman–Crippen MR) is 145 cm³/mol. The summed E-state index contributed by atoms with van der Waals surface area (Å²) in [6.07, 6.45) is 10.8. The number of primary amides is 1. The Kier molecular flexibility index (Phi) is 6.42. The SMILES string of the molecule is NC(=O)c1cc(Br)c(C(=O)NC2CC3CCC(C2)N3c2ccc(C(=O)C3CC3)cn2)cc1NC1CCC1. The van der Waals surface area contributed by atoms with Gasteiger partial charge in [0.15, 0.2) is 5.78 Å². The summed E-state index contributed by atoms with van der Waals surface area (Å²) >= 11 is 3.48. The topological polar surface area (TPSA) is 117 Å². The number of carbonyl (C=O) groups excluding carboxylic acids is 3. The van der Waals surface area contributed by atoms with E-state index in [4.69, 9.17) is 5.73 Å². The van der Waals surface area contributed by atoms with E-state index in [1.165, 1.54) is 0 Å². The highest BCUT2D eigenvalue weighted by Gasteiger charge is 2.42. The molecule has 9 heteroatoms. The van der Waals surface area contributed by atoms with Gasteiger partial charge in [-0.2, -0.15) is 0 Å². The fourth-order valence-corrected chi connectivity index (χ4v) is 6.56. The highest BCUT2D eigenvalue weighted by molar-refractivity contribution is 9.10. The molecule has 1 aromatic carbocycles. The molecule has 2 aliphatic carbocycles. The summed E-state index contributed by atoms with van der Waals surface area (Å²) < 4.78 is 0.559. The van der Waals surface area contributed by atoms with E-state index in [0.717, 1.165) is 63.6 Å². The van der Waals surface area contributed by atoms with Gasteiger partial charge in [-0.1, -0.05) is 0 Å². The molecule has 6 rings (SSSR count). The Labute approximate surface area is 224 Å². The molecule has 0 radical (unpaired) electrons. The van der Waals surface area contributed by atoms with Crippen molar-refractivity contribution in [2.45, 2.75) is 82.0 Å². The minimum Gasteiger partial charge on any atom is -0.382 e. The van der Waals surface area contributed by atoms with Gasteiger partial charge >= 0.3 is 0 Å². The zero-order chi connectivity index (χ0) is 25.7. The molecule has 1 aromatic heterocycles. The van der Waals surface area contributed by atoms with Gasteiger partial charge in [-0.15, -0.1) is 0 Å². The molecule has 2 saturated carbocycles. The van der Waals surface area contributed by atoms with Crippen molar-refractivity contribution in [2.24, 2.45) is 11.7 Å². The zero-order valence-electron chi connectivity index (χ0n) is 20.7. The van der Waals surface area contributed by atoms with Gasteiger partial charge < -0.3 is 21.3 Å². The summed E-state index contributed by atoms with van der Waals surface area (Å²) in [5.74, 6) is 0.654. The Morgan fingerprint density at radius 1 is 0.946 bits per heavy atom. The average Bonchev–Trinajstić information content (AvgIpc) is 3.66. The second kappa shape index (κ2) is 9.74. The molecular weight excluding hydrogens is 534 g/mol. The Morgan fingerprint density at radius 3 is 2.24 bits per heavy atom. The molecule has 2 aliphatic heterocycles. The maximum absolute atomic E-state index is 13.3. The van der Waals surface area contributed by atoms with E-state index in [0.29, 0.717) is 45.0 Å². The molecule has 0 spiro atoms. The Hall–Kier alpha value is -2.94. The molecule has 2 unspecified atom stereocenters. The van der Waals surface area contributed by atoms with Gasteiger partial charge in [0.25, 0.3) is 11.8 Å². The predicted octanol–water partition coefficient (Wildman–Crippen LogP) is 4.43. The second-order valence-electron chi connectivity index (χ2n) is 11.0. The summed E-state index contributed by atoms with van der Waals surface area (Å²) in [4.78, 5) is 44.7. The number of carbonyl (C=O) groups is 3. The first-order valence-corrected chi connectivity index (χ1v) is 14.2. The summed E-state index contributed by atoms with van der Waals surface area (Å²) in [6.45, 7) is 0. The van der Waals surface area contributed by atoms with Crippen LogP contribution in [0.4, 0.5) is 11.5 Å². The van der Waals surface area contributed by atoms with Crippen LogP contribution in [0.2, 0.25) is 0 Å². The summed E-state index contributed by atoms with van der Waals surface area (Å²) in [7, 11) is 0. The molecule has 4 aliphatic rings. The maximum Gasteiger partial charge on any atom is 0.252 e. The molecule has 2 bridgehead atoms. The van der Waals surface area contributed by atoms with Crippen LogP contribution in [0.5, 0.6) is 0 Å². The van der Waals surface area contributed by atoms with Crippen molar-refractivity contribution in [3.05, 3.63) is 51.6 Å². The number of benzene rings is 1. The van der Waals surface area contributed by atoms with Crippen LogP contribution in [0, 0.1) is 5.92 Å². The van der Waals surface area contributed by atoms with E-state index in [1.54, 1.807) is 18.3 Å². The minimum atomic E-state index is -0.517. The molecule has 2 atom stereocenters. The van der Waals surface area contributed by atoms with Crippen LogP contribution in [0.1, 0.15) is 88.9 Å². The van der Waals surface area contributed by atoms with Crippen LogP contribution in [0.15, 0.2) is 34.9 Å². The molecule has 37 heavy (non-hydrogen) atoms. The van der Waals surface area contributed by atoms with Crippen LogP contribution >= 0.6 is 15.9 Å². The van der Waals surface area contributed by atoms with Gasteiger partial charge in [-0.05, 0) is 98.0 Å². The summed E-state index contributed by atoms with van der Waals surface area (Å²) in [5, 5.41) is 6.63. The van der Waals surface area contributed by atoms with Gasteiger partial charge in [0, 0.05) is 52.0 Å². The first-order valence-electron chi connectivity index (χ1n) is 13.4. The molecule has 2 amide bonds. The van der Waals surface area contributed by atoms with Gasteiger partial charge in [0.2, 0.25) is 0 Å². The summed E-state index contributed by atoms with van der Waals surface area (Å²) in [5.41, 5.74) is 7.82. The third-order valence-electron chi connectivity index (χ3n) is 8.40. The maximum atomic E-state index is 13.3. The van der Waals surface area contributed by atoms with E-state index in [1.807, 2.05) is 12.1 Å². The van der Waals surface area contributed by atoms with Crippen molar-refractivity contribution >= 4 is 45.0 Å². The van der Waals surface area contributed by atoms with Crippen molar-refractivity contribution in [1.82, 2.24) is 10.3 Å². The molecule has 2 saturated heterocycles. The first kappa shape index (κ1) is 24.4. The van der Waals surface area contributed by atoms with E-state index in [-0.39, 0.29) is 23.7 Å². The number of nitrogens with one attached hydrogen (secondary N) is 2. The molecule has 4 fully saturated rings. The van der Waals surface area contributed by atoms with Crippen molar-refractivity contribution in [3.63, 3.8) is 0 Å². The fraction of sp³-hybridized carbons (Fsp3) is 0.500. The standard InChI is InChI=1S/C28H32BrN5O3/c29-23-12-22(27(30)36)24(32-17-2-1-3-17)13-21(23)28(37)33-18-10-19-7-8-20(11-18)34(19)25-9-6-16(14-31-25)26(35)15-4-5-15/h6,9,12-15,17-20,32H,1-5,7-8,10-11H2,(H2,30,36)(H,33,37). The number of nitrogens with two attached hydrogens (primary N) is 1. The third kappa shape index (κ3) is 4.85. The smallest absolute Gasteiger partial charge is 0.252 e. The number of ketones is 1. The molecule has 3 heterocycles.